The number of benzene rings is 1. The normalized spacial score (nSPS) is 15.9. The fraction of sp³-hybridized carbons (Fsp3) is 0.357. The molecular formula is C14H13F3N2S. The van der Waals surface area contributed by atoms with Crippen LogP contribution in [0.2, 0.25) is 0 Å². The molecule has 106 valence electrons. The van der Waals surface area contributed by atoms with Crippen LogP contribution in [0.3, 0.4) is 0 Å². The molecule has 1 fully saturated rings. The molecule has 0 atom stereocenters. The van der Waals surface area contributed by atoms with Crippen molar-refractivity contribution in [1.82, 2.24) is 9.78 Å². The van der Waals surface area contributed by atoms with Crippen LogP contribution in [-0.2, 0) is 0 Å². The summed E-state index contributed by atoms with van der Waals surface area (Å²) in [5, 5.41) is 3.01. The highest BCUT2D eigenvalue weighted by atomic mass is 32.1. The largest absolute Gasteiger partial charge is 0.297 e. The first-order valence-corrected chi connectivity index (χ1v) is 6.94. The molecule has 1 aromatic carbocycles. The molecule has 2 nitrogen and oxygen atoms in total. The predicted molar refractivity (Wildman–Crippen MR) is 72.0 cm³/mol. The lowest BCUT2D eigenvalue weighted by atomic mass is 10.1. The van der Waals surface area contributed by atoms with E-state index < -0.39 is 17.5 Å². The van der Waals surface area contributed by atoms with Gasteiger partial charge in [0.05, 0.1) is 0 Å². The van der Waals surface area contributed by atoms with E-state index in [0.717, 1.165) is 37.4 Å². The molecule has 1 heterocycles. The molecule has 0 amide bonds. The molecule has 2 aromatic rings. The molecule has 1 aromatic heterocycles. The summed E-state index contributed by atoms with van der Waals surface area (Å²) < 4.78 is 41.7. The number of hydrogen-bond donors (Lipinski definition) is 1. The highest BCUT2D eigenvalue weighted by Gasteiger charge is 2.20. The standard InChI is InChI=1S/C14H13F3N2S/c15-9-5-11(17)13(6-10(9)16)19-14(20)7-12(18-19)8-3-1-2-4-8/h5-8,18H,1-4H2. The van der Waals surface area contributed by atoms with Gasteiger partial charge in [-0.1, -0.05) is 25.1 Å². The predicted octanol–water partition coefficient (Wildman–Crippen LogP) is 4.61. The minimum Gasteiger partial charge on any atom is -0.297 e. The summed E-state index contributed by atoms with van der Waals surface area (Å²) in [6, 6.07) is 3.12. The Labute approximate surface area is 119 Å². The second-order valence-corrected chi connectivity index (χ2v) is 5.50. The summed E-state index contributed by atoms with van der Waals surface area (Å²) >= 11 is 5.17. The van der Waals surface area contributed by atoms with Crippen molar-refractivity contribution in [2.45, 2.75) is 31.6 Å². The molecule has 1 saturated carbocycles. The Morgan fingerprint density at radius 3 is 2.35 bits per heavy atom. The second-order valence-electron chi connectivity index (χ2n) is 5.08. The molecule has 1 aliphatic carbocycles. The smallest absolute Gasteiger partial charge is 0.161 e. The highest BCUT2D eigenvalue weighted by molar-refractivity contribution is 7.71. The fourth-order valence-electron chi connectivity index (χ4n) is 2.72. The Balaban J connectivity index is 2.06. The molecule has 0 spiro atoms. The average molecular weight is 298 g/mol. The van der Waals surface area contributed by atoms with E-state index in [4.69, 9.17) is 12.2 Å². The van der Waals surface area contributed by atoms with Gasteiger partial charge in [-0.05, 0) is 18.9 Å². The molecule has 0 saturated heterocycles. The van der Waals surface area contributed by atoms with Crippen molar-refractivity contribution in [3.8, 4) is 5.69 Å². The molecule has 0 aliphatic heterocycles. The van der Waals surface area contributed by atoms with Gasteiger partial charge in [0.1, 0.15) is 10.3 Å². The van der Waals surface area contributed by atoms with Gasteiger partial charge in [-0.3, -0.25) is 5.10 Å². The van der Waals surface area contributed by atoms with E-state index in [1.165, 1.54) is 4.68 Å². The number of aromatic nitrogens is 2. The molecule has 6 heteroatoms. The van der Waals surface area contributed by atoms with Crippen molar-refractivity contribution in [1.29, 1.82) is 0 Å². The Morgan fingerprint density at radius 1 is 1.00 bits per heavy atom. The Hall–Kier alpha value is -1.56. The summed E-state index contributed by atoms with van der Waals surface area (Å²) in [4.78, 5) is 0. The summed E-state index contributed by atoms with van der Waals surface area (Å²) in [6.45, 7) is 0. The first-order valence-electron chi connectivity index (χ1n) is 6.53. The van der Waals surface area contributed by atoms with Crippen LogP contribution >= 0.6 is 12.2 Å². The maximum Gasteiger partial charge on any atom is 0.161 e. The van der Waals surface area contributed by atoms with Crippen molar-refractivity contribution in [2.24, 2.45) is 0 Å². The van der Waals surface area contributed by atoms with Gasteiger partial charge in [0.25, 0.3) is 0 Å². The van der Waals surface area contributed by atoms with E-state index in [0.29, 0.717) is 16.6 Å². The number of hydrogen-bond acceptors (Lipinski definition) is 1. The monoisotopic (exact) mass is 298 g/mol. The third-order valence-electron chi connectivity index (χ3n) is 3.77. The summed E-state index contributed by atoms with van der Waals surface area (Å²) in [7, 11) is 0. The van der Waals surface area contributed by atoms with E-state index in [1.807, 2.05) is 0 Å². The third-order valence-corrected chi connectivity index (χ3v) is 4.07. The van der Waals surface area contributed by atoms with Crippen molar-refractivity contribution in [3.63, 3.8) is 0 Å². The summed E-state index contributed by atoms with van der Waals surface area (Å²) in [6.07, 6.45) is 4.46. The molecule has 1 aliphatic rings. The van der Waals surface area contributed by atoms with Crippen LogP contribution in [0.25, 0.3) is 5.69 Å². The Morgan fingerprint density at radius 2 is 1.65 bits per heavy atom. The Bertz CT molecular complexity index is 699. The molecule has 3 rings (SSSR count). The third kappa shape index (κ3) is 2.28. The molecule has 0 unspecified atom stereocenters. The quantitative estimate of drug-likeness (QED) is 0.634. The molecule has 1 N–H and O–H groups in total. The van der Waals surface area contributed by atoms with Gasteiger partial charge in [0.2, 0.25) is 0 Å². The minimum absolute atomic E-state index is 0.0989. The van der Waals surface area contributed by atoms with Crippen LogP contribution in [0.15, 0.2) is 18.2 Å². The first-order chi connectivity index (χ1) is 9.56. The van der Waals surface area contributed by atoms with Gasteiger partial charge in [0.15, 0.2) is 17.5 Å². The van der Waals surface area contributed by atoms with Gasteiger partial charge >= 0.3 is 0 Å². The fourth-order valence-corrected chi connectivity index (χ4v) is 2.99. The molecular weight excluding hydrogens is 285 g/mol. The number of H-pyrrole nitrogens is 1. The number of nitrogens with one attached hydrogen (secondary N) is 1. The van der Waals surface area contributed by atoms with Gasteiger partial charge < -0.3 is 0 Å². The van der Waals surface area contributed by atoms with Crippen LogP contribution in [0.4, 0.5) is 13.2 Å². The van der Waals surface area contributed by atoms with Crippen LogP contribution < -0.4 is 0 Å². The lowest BCUT2D eigenvalue weighted by molar-refractivity contribution is 0.491. The van der Waals surface area contributed by atoms with Crippen molar-refractivity contribution >= 4 is 12.2 Å². The second kappa shape index (κ2) is 5.09. The lowest BCUT2D eigenvalue weighted by Crippen LogP contribution is -2.04. The zero-order valence-corrected chi connectivity index (χ0v) is 11.4. The topological polar surface area (TPSA) is 20.7 Å². The van der Waals surface area contributed by atoms with Gasteiger partial charge in [-0.15, -0.1) is 0 Å². The maximum atomic E-state index is 13.8. The zero-order valence-electron chi connectivity index (χ0n) is 10.6. The number of rotatable bonds is 2. The highest BCUT2D eigenvalue weighted by Crippen LogP contribution is 2.33. The van der Waals surface area contributed by atoms with Crippen LogP contribution in [0.5, 0.6) is 0 Å². The van der Waals surface area contributed by atoms with Crippen LogP contribution in [0.1, 0.15) is 37.3 Å². The van der Waals surface area contributed by atoms with E-state index in [-0.39, 0.29) is 5.69 Å². The maximum absolute atomic E-state index is 13.8. The number of halogens is 3. The SMILES string of the molecule is Fc1cc(F)c(-n2[nH]c(C3CCCC3)cc2=S)cc1F. The molecule has 0 bridgehead atoms. The minimum atomic E-state index is -1.21. The first kappa shape index (κ1) is 13.4. The van der Waals surface area contributed by atoms with Gasteiger partial charge in [0, 0.05) is 23.7 Å². The molecule has 20 heavy (non-hydrogen) atoms. The summed E-state index contributed by atoms with van der Waals surface area (Å²) in [5.41, 5.74) is 0.829. The van der Waals surface area contributed by atoms with Crippen LogP contribution in [0, 0.1) is 22.1 Å². The molecule has 0 radical (unpaired) electrons. The van der Waals surface area contributed by atoms with E-state index >= 15 is 0 Å². The lowest BCUT2D eigenvalue weighted by Gasteiger charge is -2.08. The van der Waals surface area contributed by atoms with Gasteiger partial charge in [-0.2, -0.15) is 0 Å². The number of aromatic amines is 1. The van der Waals surface area contributed by atoms with Crippen molar-refractivity contribution in [3.05, 3.63) is 46.0 Å². The summed E-state index contributed by atoms with van der Waals surface area (Å²) in [5.74, 6) is -2.77. The van der Waals surface area contributed by atoms with Crippen molar-refractivity contribution in [2.75, 3.05) is 0 Å². The van der Waals surface area contributed by atoms with Crippen LogP contribution in [-0.4, -0.2) is 9.78 Å². The number of nitrogens with zero attached hydrogens (tertiary/aromatic N) is 1. The van der Waals surface area contributed by atoms with E-state index in [9.17, 15) is 13.2 Å². The van der Waals surface area contributed by atoms with E-state index in [1.54, 1.807) is 6.07 Å². The zero-order chi connectivity index (χ0) is 14.3. The Kier molecular flexibility index (Phi) is 3.41. The van der Waals surface area contributed by atoms with Crippen molar-refractivity contribution < 1.29 is 13.2 Å². The van der Waals surface area contributed by atoms with E-state index in [2.05, 4.69) is 5.10 Å². The van der Waals surface area contributed by atoms with Gasteiger partial charge in [-0.25, -0.2) is 17.9 Å². The average Bonchev–Trinajstić information content (AvgIpc) is 3.03.